The SMILES string of the molecule is CCNC(C)(C)CN1CCOC(C)(C)C1. The second-order valence-corrected chi connectivity index (χ2v) is 5.73. The highest BCUT2D eigenvalue weighted by Crippen LogP contribution is 2.18. The Morgan fingerprint density at radius 3 is 2.60 bits per heavy atom. The molecule has 1 N–H and O–H groups in total. The van der Waals surface area contributed by atoms with Crippen LogP contribution in [0.25, 0.3) is 0 Å². The average Bonchev–Trinajstić information content (AvgIpc) is 1.99. The second-order valence-electron chi connectivity index (χ2n) is 5.73. The summed E-state index contributed by atoms with van der Waals surface area (Å²) in [4.78, 5) is 2.49. The minimum absolute atomic E-state index is 0.0144. The smallest absolute Gasteiger partial charge is 0.0753 e. The van der Waals surface area contributed by atoms with Crippen molar-refractivity contribution in [3.63, 3.8) is 0 Å². The highest BCUT2D eigenvalue weighted by Gasteiger charge is 2.30. The molecule has 0 unspecified atom stereocenters. The standard InChI is InChI=1S/C12H26N2O/c1-6-13-11(2,3)9-14-7-8-15-12(4,5)10-14/h13H,6-10H2,1-5H3. The molecule has 0 aromatic heterocycles. The van der Waals surface area contributed by atoms with Gasteiger partial charge < -0.3 is 10.1 Å². The van der Waals surface area contributed by atoms with Crippen LogP contribution in [-0.2, 0) is 4.74 Å². The summed E-state index contributed by atoms with van der Waals surface area (Å²) in [7, 11) is 0. The molecule has 0 aromatic rings. The maximum Gasteiger partial charge on any atom is 0.0753 e. The summed E-state index contributed by atoms with van der Waals surface area (Å²) >= 11 is 0. The largest absolute Gasteiger partial charge is 0.373 e. The Bertz CT molecular complexity index is 202. The van der Waals surface area contributed by atoms with E-state index in [0.717, 1.165) is 32.8 Å². The zero-order valence-corrected chi connectivity index (χ0v) is 10.9. The van der Waals surface area contributed by atoms with Crippen molar-refractivity contribution in [2.24, 2.45) is 0 Å². The van der Waals surface area contributed by atoms with Gasteiger partial charge in [0.15, 0.2) is 0 Å². The molecule has 0 radical (unpaired) electrons. The quantitative estimate of drug-likeness (QED) is 0.767. The van der Waals surface area contributed by atoms with Gasteiger partial charge >= 0.3 is 0 Å². The normalized spacial score (nSPS) is 23.0. The Hall–Kier alpha value is -0.120. The molecule has 0 atom stereocenters. The van der Waals surface area contributed by atoms with Crippen molar-refractivity contribution in [1.82, 2.24) is 10.2 Å². The third-order valence-corrected chi connectivity index (χ3v) is 2.78. The van der Waals surface area contributed by atoms with Gasteiger partial charge in [-0.05, 0) is 34.2 Å². The molecular formula is C12H26N2O. The van der Waals surface area contributed by atoms with Gasteiger partial charge in [0.1, 0.15) is 0 Å². The molecule has 0 bridgehead atoms. The van der Waals surface area contributed by atoms with Crippen LogP contribution in [0.3, 0.4) is 0 Å². The third-order valence-electron chi connectivity index (χ3n) is 2.78. The number of hydrogen-bond donors (Lipinski definition) is 1. The number of hydrogen-bond acceptors (Lipinski definition) is 3. The van der Waals surface area contributed by atoms with Crippen molar-refractivity contribution >= 4 is 0 Å². The predicted molar refractivity (Wildman–Crippen MR) is 64.2 cm³/mol. The van der Waals surface area contributed by atoms with E-state index in [2.05, 4.69) is 44.8 Å². The maximum absolute atomic E-state index is 5.71. The molecule has 15 heavy (non-hydrogen) atoms. The fourth-order valence-electron chi connectivity index (χ4n) is 2.34. The minimum atomic E-state index is 0.0144. The molecule has 1 aliphatic rings. The van der Waals surface area contributed by atoms with E-state index in [9.17, 15) is 0 Å². The van der Waals surface area contributed by atoms with Gasteiger partial charge in [0, 0.05) is 25.2 Å². The van der Waals surface area contributed by atoms with Gasteiger partial charge in [0.2, 0.25) is 0 Å². The van der Waals surface area contributed by atoms with E-state index in [-0.39, 0.29) is 11.1 Å². The van der Waals surface area contributed by atoms with Crippen molar-refractivity contribution in [3.05, 3.63) is 0 Å². The van der Waals surface area contributed by atoms with Crippen LogP contribution in [0.1, 0.15) is 34.6 Å². The molecule has 90 valence electrons. The molecule has 1 rings (SSSR count). The molecule has 1 aliphatic heterocycles. The van der Waals surface area contributed by atoms with Crippen LogP contribution < -0.4 is 5.32 Å². The van der Waals surface area contributed by atoms with Crippen LogP contribution in [0.4, 0.5) is 0 Å². The molecule has 0 aliphatic carbocycles. The summed E-state index contributed by atoms with van der Waals surface area (Å²) in [6, 6.07) is 0. The van der Waals surface area contributed by atoms with Crippen LogP contribution in [0.2, 0.25) is 0 Å². The van der Waals surface area contributed by atoms with Gasteiger partial charge in [0.05, 0.1) is 12.2 Å². The number of likely N-dealkylation sites (N-methyl/N-ethyl adjacent to an activating group) is 1. The first-order chi connectivity index (χ1) is 6.85. The van der Waals surface area contributed by atoms with E-state index in [1.807, 2.05) is 0 Å². The van der Waals surface area contributed by atoms with Gasteiger partial charge in [0.25, 0.3) is 0 Å². The first kappa shape index (κ1) is 12.9. The van der Waals surface area contributed by atoms with Crippen molar-refractivity contribution in [3.8, 4) is 0 Å². The molecule has 1 heterocycles. The van der Waals surface area contributed by atoms with Gasteiger partial charge in [-0.2, -0.15) is 0 Å². The Morgan fingerprint density at radius 2 is 2.07 bits per heavy atom. The summed E-state index contributed by atoms with van der Waals surface area (Å²) in [6.07, 6.45) is 0. The van der Waals surface area contributed by atoms with Crippen LogP contribution in [0.15, 0.2) is 0 Å². The van der Waals surface area contributed by atoms with Crippen molar-refractivity contribution in [1.29, 1.82) is 0 Å². The fourth-order valence-corrected chi connectivity index (χ4v) is 2.34. The molecule has 0 spiro atoms. The van der Waals surface area contributed by atoms with Crippen molar-refractivity contribution in [2.75, 3.05) is 32.8 Å². The number of rotatable bonds is 4. The predicted octanol–water partition coefficient (Wildman–Crippen LogP) is 1.49. The van der Waals surface area contributed by atoms with Gasteiger partial charge in [-0.15, -0.1) is 0 Å². The molecule has 0 aromatic carbocycles. The van der Waals surface area contributed by atoms with Gasteiger partial charge in [-0.25, -0.2) is 0 Å². The summed E-state index contributed by atoms with van der Waals surface area (Å²) < 4.78 is 5.71. The third kappa shape index (κ3) is 4.49. The van der Waals surface area contributed by atoms with Crippen molar-refractivity contribution in [2.45, 2.75) is 45.8 Å². The highest BCUT2D eigenvalue weighted by molar-refractivity contribution is 4.86. The van der Waals surface area contributed by atoms with E-state index in [1.54, 1.807) is 0 Å². The zero-order chi connectivity index (χ0) is 11.5. The topological polar surface area (TPSA) is 24.5 Å². The number of nitrogens with one attached hydrogen (secondary N) is 1. The molecule has 0 saturated carbocycles. The van der Waals surface area contributed by atoms with E-state index in [4.69, 9.17) is 4.74 Å². The molecular weight excluding hydrogens is 188 g/mol. The number of nitrogens with zero attached hydrogens (tertiary/aromatic N) is 1. The first-order valence-corrected chi connectivity index (χ1v) is 5.96. The summed E-state index contributed by atoms with van der Waals surface area (Å²) in [5.74, 6) is 0. The van der Waals surface area contributed by atoms with E-state index < -0.39 is 0 Å². The first-order valence-electron chi connectivity index (χ1n) is 5.96. The molecule has 3 nitrogen and oxygen atoms in total. The maximum atomic E-state index is 5.71. The lowest BCUT2D eigenvalue weighted by molar-refractivity contribution is -0.0900. The number of ether oxygens (including phenoxy) is 1. The average molecular weight is 214 g/mol. The molecule has 1 saturated heterocycles. The van der Waals surface area contributed by atoms with Crippen LogP contribution in [0.5, 0.6) is 0 Å². The fraction of sp³-hybridized carbons (Fsp3) is 1.00. The lowest BCUT2D eigenvalue weighted by atomic mass is 10.0. The highest BCUT2D eigenvalue weighted by atomic mass is 16.5. The molecule has 1 fully saturated rings. The molecule has 3 heteroatoms. The Kier molecular flexibility index (Phi) is 4.15. The van der Waals surface area contributed by atoms with Gasteiger partial charge in [-0.3, -0.25) is 4.90 Å². The zero-order valence-electron chi connectivity index (χ0n) is 10.9. The Morgan fingerprint density at radius 1 is 1.40 bits per heavy atom. The Balaban J connectivity index is 2.44. The summed E-state index contributed by atoms with van der Waals surface area (Å²) in [5, 5.41) is 3.51. The van der Waals surface area contributed by atoms with Crippen LogP contribution in [0, 0.1) is 0 Å². The summed E-state index contributed by atoms with van der Waals surface area (Å²) in [5.41, 5.74) is 0.211. The van der Waals surface area contributed by atoms with E-state index in [0.29, 0.717) is 0 Å². The number of morpholine rings is 1. The van der Waals surface area contributed by atoms with E-state index >= 15 is 0 Å². The van der Waals surface area contributed by atoms with Crippen molar-refractivity contribution < 1.29 is 4.74 Å². The van der Waals surface area contributed by atoms with Gasteiger partial charge in [-0.1, -0.05) is 6.92 Å². The summed E-state index contributed by atoms with van der Waals surface area (Å²) in [6.45, 7) is 16.1. The van der Waals surface area contributed by atoms with Crippen LogP contribution in [-0.4, -0.2) is 48.8 Å². The minimum Gasteiger partial charge on any atom is -0.373 e. The van der Waals surface area contributed by atoms with Crippen LogP contribution >= 0.6 is 0 Å². The second kappa shape index (κ2) is 4.81. The lowest BCUT2D eigenvalue weighted by Crippen LogP contribution is -2.55. The Labute approximate surface area is 94.2 Å². The lowest BCUT2D eigenvalue weighted by Gasteiger charge is -2.41. The monoisotopic (exact) mass is 214 g/mol. The van der Waals surface area contributed by atoms with E-state index in [1.165, 1.54) is 0 Å². The molecule has 0 amide bonds.